The molecule has 2 rings (SSSR count). The van der Waals surface area contributed by atoms with Crippen LogP contribution in [0.3, 0.4) is 0 Å². The molecule has 21 heavy (non-hydrogen) atoms. The van der Waals surface area contributed by atoms with Crippen molar-refractivity contribution in [1.29, 1.82) is 0 Å². The van der Waals surface area contributed by atoms with Crippen LogP contribution >= 0.6 is 11.6 Å². The summed E-state index contributed by atoms with van der Waals surface area (Å²) in [6, 6.07) is 4.48. The smallest absolute Gasteiger partial charge is 0.339 e. The van der Waals surface area contributed by atoms with Gasteiger partial charge in [-0.15, -0.1) is 0 Å². The highest BCUT2D eigenvalue weighted by Crippen LogP contribution is 2.28. The summed E-state index contributed by atoms with van der Waals surface area (Å²) in [5, 5.41) is 9.30. The van der Waals surface area contributed by atoms with Crippen molar-refractivity contribution in [2.45, 2.75) is 25.7 Å². The first-order chi connectivity index (χ1) is 10.1. The van der Waals surface area contributed by atoms with Crippen LogP contribution in [0.1, 0.15) is 36.0 Å². The van der Waals surface area contributed by atoms with E-state index in [4.69, 9.17) is 21.4 Å². The van der Waals surface area contributed by atoms with E-state index in [1.807, 2.05) is 0 Å². The molecule has 1 aromatic carbocycles. The van der Waals surface area contributed by atoms with E-state index in [9.17, 15) is 9.59 Å². The number of carbonyl (C=O) groups is 2. The van der Waals surface area contributed by atoms with Crippen LogP contribution in [0.5, 0.6) is 5.75 Å². The molecule has 1 aliphatic heterocycles. The second-order valence-corrected chi connectivity index (χ2v) is 5.41. The zero-order valence-corrected chi connectivity index (χ0v) is 12.4. The average Bonchev–Trinajstić information content (AvgIpc) is 2.74. The summed E-state index contributed by atoms with van der Waals surface area (Å²) in [6.45, 7) is 1.27. The van der Waals surface area contributed by atoms with Gasteiger partial charge in [0.1, 0.15) is 5.56 Å². The van der Waals surface area contributed by atoms with Gasteiger partial charge in [-0.2, -0.15) is 0 Å². The molecule has 0 unspecified atom stereocenters. The SMILES string of the molecule is O=C(O)c1cccc(Cl)c1OCC(=O)N1CCCCCC1. The lowest BCUT2D eigenvalue weighted by Gasteiger charge is -2.20. The molecule has 1 heterocycles. The van der Waals surface area contributed by atoms with Gasteiger partial charge in [-0.05, 0) is 25.0 Å². The molecule has 0 radical (unpaired) electrons. The van der Waals surface area contributed by atoms with E-state index in [0.717, 1.165) is 38.8 Å². The molecule has 114 valence electrons. The zero-order valence-electron chi connectivity index (χ0n) is 11.7. The number of amides is 1. The number of halogens is 1. The van der Waals surface area contributed by atoms with Crippen molar-refractivity contribution in [3.63, 3.8) is 0 Å². The molecule has 0 saturated carbocycles. The monoisotopic (exact) mass is 311 g/mol. The van der Waals surface area contributed by atoms with Crippen molar-refractivity contribution in [2.75, 3.05) is 19.7 Å². The van der Waals surface area contributed by atoms with Gasteiger partial charge in [-0.25, -0.2) is 4.79 Å². The van der Waals surface area contributed by atoms with Gasteiger partial charge in [0.05, 0.1) is 5.02 Å². The molecule has 0 bridgehead atoms. The highest BCUT2D eigenvalue weighted by atomic mass is 35.5. The maximum atomic E-state index is 12.1. The molecule has 0 aromatic heterocycles. The fourth-order valence-electron chi connectivity index (χ4n) is 2.37. The van der Waals surface area contributed by atoms with Gasteiger partial charge in [0, 0.05) is 13.1 Å². The summed E-state index contributed by atoms with van der Waals surface area (Å²) >= 11 is 5.96. The topological polar surface area (TPSA) is 66.8 Å². The standard InChI is InChI=1S/C15H18ClNO4/c16-12-7-5-6-11(15(19)20)14(12)21-10-13(18)17-8-3-1-2-4-9-17/h5-7H,1-4,8-10H2,(H,19,20). The van der Waals surface area contributed by atoms with Crippen LogP contribution in [0.4, 0.5) is 0 Å². The van der Waals surface area contributed by atoms with E-state index < -0.39 is 5.97 Å². The Morgan fingerprint density at radius 1 is 1.19 bits per heavy atom. The van der Waals surface area contributed by atoms with E-state index in [1.54, 1.807) is 11.0 Å². The van der Waals surface area contributed by atoms with Crippen LogP contribution < -0.4 is 4.74 Å². The Morgan fingerprint density at radius 2 is 1.86 bits per heavy atom. The Hall–Kier alpha value is -1.75. The molecule has 1 aromatic rings. The first-order valence-corrected chi connectivity index (χ1v) is 7.40. The van der Waals surface area contributed by atoms with E-state index in [1.165, 1.54) is 12.1 Å². The number of benzene rings is 1. The lowest BCUT2D eigenvalue weighted by atomic mass is 10.2. The van der Waals surface area contributed by atoms with Crippen molar-refractivity contribution in [3.8, 4) is 5.75 Å². The number of aromatic carboxylic acids is 1. The second-order valence-electron chi connectivity index (χ2n) is 5.01. The number of hydrogen-bond donors (Lipinski definition) is 1. The molecule has 1 saturated heterocycles. The van der Waals surface area contributed by atoms with Crippen molar-refractivity contribution >= 4 is 23.5 Å². The maximum absolute atomic E-state index is 12.1. The molecule has 1 aliphatic rings. The minimum Gasteiger partial charge on any atom is -0.481 e. The van der Waals surface area contributed by atoms with Gasteiger partial charge in [-0.1, -0.05) is 30.5 Å². The average molecular weight is 312 g/mol. The third-order valence-electron chi connectivity index (χ3n) is 3.50. The van der Waals surface area contributed by atoms with Gasteiger partial charge in [0.15, 0.2) is 12.4 Å². The fraction of sp³-hybridized carbons (Fsp3) is 0.467. The Bertz CT molecular complexity index is 524. The first kappa shape index (κ1) is 15.6. The zero-order chi connectivity index (χ0) is 15.2. The minimum atomic E-state index is -1.13. The van der Waals surface area contributed by atoms with Crippen LogP contribution in [0, 0.1) is 0 Å². The molecule has 1 amide bonds. The predicted molar refractivity (Wildman–Crippen MR) is 79.0 cm³/mol. The van der Waals surface area contributed by atoms with E-state index in [-0.39, 0.29) is 28.8 Å². The van der Waals surface area contributed by atoms with E-state index in [0.29, 0.717) is 0 Å². The number of nitrogens with zero attached hydrogens (tertiary/aromatic N) is 1. The lowest BCUT2D eigenvalue weighted by Crippen LogP contribution is -2.35. The number of hydrogen-bond acceptors (Lipinski definition) is 3. The third kappa shape index (κ3) is 4.11. The van der Waals surface area contributed by atoms with Crippen LogP contribution in [-0.4, -0.2) is 41.6 Å². The molecule has 1 fully saturated rings. The molecular formula is C15H18ClNO4. The van der Waals surface area contributed by atoms with Crippen molar-refractivity contribution < 1.29 is 19.4 Å². The van der Waals surface area contributed by atoms with Gasteiger partial charge in [0.2, 0.25) is 0 Å². The summed E-state index contributed by atoms with van der Waals surface area (Å²) in [5.41, 5.74) is -0.0360. The fourth-order valence-corrected chi connectivity index (χ4v) is 2.60. The highest BCUT2D eigenvalue weighted by molar-refractivity contribution is 6.32. The van der Waals surface area contributed by atoms with Crippen molar-refractivity contribution in [2.24, 2.45) is 0 Å². The summed E-state index contributed by atoms with van der Waals surface area (Å²) in [4.78, 5) is 25.0. The normalized spacial score (nSPS) is 15.4. The number of ether oxygens (including phenoxy) is 1. The number of para-hydroxylation sites is 1. The third-order valence-corrected chi connectivity index (χ3v) is 3.79. The largest absolute Gasteiger partial charge is 0.481 e. The number of likely N-dealkylation sites (tertiary alicyclic amines) is 1. The van der Waals surface area contributed by atoms with Crippen LogP contribution in [-0.2, 0) is 4.79 Å². The molecule has 0 aliphatic carbocycles. The summed E-state index contributed by atoms with van der Waals surface area (Å²) in [5.74, 6) is -1.21. The van der Waals surface area contributed by atoms with Gasteiger partial charge in [0.25, 0.3) is 5.91 Å². The van der Waals surface area contributed by atoms with Gasteiger partial charge in [-0.3, -0.25) is 4.79 Å². The van der Waals surface area contributed by atoms with Crippen LogP contribution in [0.15, 0.2) is 18.2 Å². The van der Waals surface area contributed by atoms with Gasteiger partial charge < -0.3 is 14.7 Å². The molecular weight excluding hydrogens is 294 g/mol. The van der Waals surface area contributed by atoms with Gasteiger partial charge >= 0.3 is 5.97 Å². The predicted octanol–water partition coefficient (Wildman–Crippen LogP) is 2.82. The highest BCUT2D eigenvalue weighted by Gasteiger charge is 2.19. The second kappa shape index (κ2) is 7.31. The Kier molecular flexibility index (Phi) is 5.44. The Morgan fingerprint density at radius 3 is 2.48 bits per heavy atom. The lowest BCUT2D eigenvalue weighted by molar-refractivity contribution is -0.133. The van der Waals surface area contributed by atoms with Crippen LogP contribution in [0.2, 0.25) is 5.02 Å². The number of carboxylic acids is 1. The maximum Gasteiger partial charge on any atom is 0.339 e. The number of rotatable bonds is 4. The van der Waals surface area contributed by atoms with Crippen LogP contribution in [0.25, 0.3) is 0 Å². The quantitative estimate of drug-likeness (QED) is 0.928. The van der Waals surface area contributed by atoms with Crippen molar-refractivity contribution in [3.05, 3.63) is 28.8 Å². The van der Waals surface area contributed by atoms with E-state index >= 15 is 0 Å². The minimum absolute atomic E-state index is 0.0360. The molecule has 0 atom stereocenters. The number of carboxylic acid groups (broad SMARTS) is 1. The van der Waals surface area contributed by atoms with Crippen molar-refractivity contribution in [1.82, 2.24) is 4.90 Å². The Balaban J connectivity index is 2.02. The van der Waals surface area contributed by atoms with E-state index in [2.05, 4.69) is 0 Å². The Labute approximate surface area is 128 Å². The first-order valence-electron chi connectivity index (χ1n) is 7.02. The summed E-state index contributed by atoms with van der Waals surface area (Å²) in [7, 11) is 0. The summed E-state index contributed by atoms with van der Waals surface area (Å²) in [6.07, 6.45) is 4.27. The molecule has 1 N–H and O–H groups in total. The molecule has 5 nitrogen and oxygen atoms in total. The summed E-state index contributed by atoms with van der Waals surface area (Å²) < 4.78 is 5.38. The molecule has 6 heteroatoms. The molecule has 0 spiro atoms. The number of carbonyl (C=O) groups excluding carboxylic acids is 1.